The maximum absolute atomic E-state index is 13.3. The molecular formula is C20H16FN5S2. The van der Waals surface area contributed by atoms with Gasteiger partial charge in [0.05, 0.1) is 5.69 Å². The van der Waals surface area contributed by atoms with Crippen molar-refractivity contribution in [1.82, 2.24) is 14.4 Å². The van der Waals surface area contributed by atoms with Gasteiger partial charge in [0.1, 0.15) is 28.3 Å². The molecule has 0 aliphatic heterocycles. The SMILES string of the molecule is CCc1nc2sccn2c1N(c1nc(-c2ccc(F)cc2)c(C#N)s1)C1CC1. The van der Waals surface area contributed by atoms with Crippen molar-refractivity contribution < 1.29 is 4.39 Å². The average Bonchev–Trinajstić information content (AvgIpc) is 3.13. The Kier molecular flexibility index (Phi) is 4.14. The quantitative estimate of drug-likeness (QED) is 0.443. The van der Waals surface area contributed by atoms with E-state index in [1.54, 1.807) is 23.5 Å². The molecule has 0 spiro atoms. The highest BCUT2D eigenvalue weighted by Crippen LogP contribution is 2.44. The van der Waals surface area contributed by atoms with Crippen LogP contribution >= 0.6 is 22.7 Å². The molecule has 1 aliphatic carbocycles. The number of halogens is 1. The van der Waals surface area contributed by atoms with Gasteiger partial charge in [-0.05, 0) is 43.5 Å². The first-order chi connectivity index (χ1) is 13.7. The van der Waals surface area contributed by atoms with Crippen molar-refractivity contribution in [2.24, 2.45) is 0 Å². The number of imidazole rings is 1. The largest absolute Gasteiger partial charge is 0.299 e. The van der Waals surface area contributed by atoms with E-state index in [9.17, 15) is 9.65 Å². The smallest absolute Gasteiger partial charge is 0.195 e. The van der Waals surface area contributed by atoms with Gasteiger partial charge in [0, 0.05) is 23.2 Å². The number of fused-ring (bicyclic) bond motifs is 1. The predicted octanol–water partition coefficient (Wildman–Crippen LogP) is 5.39. The number of hydrogen-bond acceptors (Lipinski definition) is 6. The zero-order valence-electron chi connectivity index (χ0n) is 15.1. The summed E-state index contributed by atoms with van der Waals surface area (Å²) in [6.45, 7) is 2.10. The molecule has 4 aromatic rings. The number of rotatable bonds is 5. The monoisotopic (exact) mass is 409 g/mol. The first-order valence-electron chi connectivity index (χ1n) is 9.10. The Labute approximate surface area is 169 Å². The third kappa shape index (κ3) is 2.79. The Balaban J connectivity index is 1.67. The van der Waals surface area contributed by atoms with Crippen molar-refractivity contribution in [3.05, 3.63) is 52.2 Å². The Morgan fingerprint density at radius 3 is 2.75 bits per heavy atom. The van der Waals surface area contributed by atoms with Crippen LogP contribution in [0.2, 0.25) is 0 Å². The van der Waals surface area contributed by atoms with Crippen molar-refractivity contribution in [2.75, 3.05) is 4.90 Å². The van der Waals surface area contributed by atoms with Gasteiger partial charge in [0.2, 0.25) is 0 Å². The van der Waals surface area contributed by atoms with Gasteiger partial charge in [-0.3, -0.25) is 9.30 Å². The van der Waals surface area contributed by atoms with Crippen LogP contribution in [0.3, 0.4) is 0 Å². The third-order valence-corrected chi connectivity index (χ3v) is 6.54. The molecule has 0 unspecified atom stereocenters. The van der Waals surface area contributed by atoms with E-state index in [0.29, 0.717) is 16.6 Å². The van der Waals surface area contributed by atoms with E-state index in [4.69, 9.17) is 9.97 Å². The Morgan fingerprint density at radius 2 is 2.07 bits per heavy atom. The molecule has 0 bridgehead atoms. The molecule has 0 atom stereocenters. The maximum Gasteiger partial charge on any atom is 0.195 e. The third-order valence-electron chi connectivity index (χ3n) is 4.82. The number of thiazole rings is 2. The van der Waals surface area contributed by atoms with Crippen LogP contribution in [0.15, 0.2) is 35.8 Å². The number of benzene rings is 1. The maximum atomic E-state index is 13.3. The van der Waals surface area contributed by atoms with E-state index in [1.807, 2.05) is 11.6 Å². The molecule has 28 heavy (non-hydrogen) atoms. The summed E-state index contributed by atoms with van der Waals surface area (Å²) in [6.07, 6.45) is 5.05. The van der Waals surface area contributed by atoms with Crippen LogP contribution in [0.1, 0.15) is 30.3 Å². The fraction of sp³-hybridized carbons (Fsp3) is 0.250. The Bertz CT molecular complexity index is 1190. The van der Waals surface area contributed by atoms with Gasteiger partial charge >= 0.3 is 0 Å². The van der Waals surface area contributed by atoms with Gasteiger partial charge in [-0.15, -0.1) is 11.3 Å². The molecule has 1 fully saturated rings. The highest BCUT2D eigenvalue weighted by Gasteiger charge is 2.36. The molecule has 5 nitrogen and oxygen atoms in total. The summed E-state index contributed by atoms with van der Waals surface area (Å²) in [6, 6.07) is 8.77. The van der Waals surface area contributed by atoms with Gasteiger partial charge in [-0.25, -0.2) is 14.4 Å². The van der Waals surface area contributed by atoms with E-state index in [-0.39, 0.29) is 5.82 Å². The summed E-state index contributed by atoms with van der Waals surface area (Å²) >= 11 is 3.00. The molecule has 0 amide bonds. The van der Waals surface area contributed by atoms with Gasteiger partial charge in [0.25, 0.3) is 0 Å². The van der Waals surface area contributed by atoms with E-state index in [2.05, 4.69) is 22.3 Å². The first kappa shape index (κ1) is 17.3. The lowest BCUT2D eigenvalue weighted by molar-refractivity contribution is 0.628. The molecule has 0 saturated heterocycles. The molecule has 1 aliphatic rings. The van der Waals surface area contributed by atoms with Gasteiger partial charge in [-0.1, -0.05) is 18.3 Å². The zero-order chi connectivity index (χ0) is 19.3. The topological polar surface area (TPSA) is 57.2 Å². The molecular weight excluding hydrogens is 393 g/mol. The number of nitriles is 1. The molecule has 3 heterocycles. The van der Waals surface area contributed by atoms with Crippen molar-refractivity contribution in [3.8, 4) is 17.3 Å². The predicted molar refractivity (Wildman–Crippen MR) is 110 cm³/mol. The second-order valence-electron chi connectivity index (χ2n) is 6.69. The fourth-order valence-electron chi connectivity index (χ4n) is 3.35. The van der Waals surface area contributed by atoms with Crippen LogP contribution in [0.5, 0.6) is 0 Å². The van der Waals surface area contributed by atoms with Gasteiger partial charge < -0.3 is 0 Å². The second-order valence-corrected chi connectivity index (χ2v) is 8.54. The van der Waals surface area contributed by atoms with E-state index in [0.717, 1.165) is 46.4 Å². The highest BCUT2D eigenvalue weighted by atomic mass is 32.1. The first-order valence-corrected chi connectivity index (χ1v) is 10.8. The van der Waals surface area contributed by atoms with E-state index >= 15 is 0 Å². The molecule has 140 valence electrons. The van der Waals surface area contributed by atoms with E-state index in [1.165, 1.54) is 23.5 Å². The minimum atomic E-state index is -0.302. The molecule has 0 N–H and O–H groups in total. The van der Waals surface area contributed by atoms with Crippen LogP contribution in [0.25, 0.3) is 16.2 Å². The Morgan fingerprint density at radius 1 is 1.29 bits per heavy atom. The van der Waals surface area contributed by atoms with Gasteiger partial charge in [0.15, 0.2) is 10.1 Å². The van der Waals surface area contributed by atoms with Crippen LogP contribution in [0, 0.1) is 17.1 Å². The van der Waals surface area contributed by atoms with Crippen molar-refractivity contribution in [3.63, 3.8) is 0 Å². The van der Waals surface area contributed by atoms with Crippen molar-refractivity contribution >= 4 is 38.6 Å². The molecule has 0 radical (unpaired) electrons. The summed E-state index contributed by atoms with van der Waals surface area (Å²) in [4.78, 5) is 13.3. The minimum Gasteiger partial charge on any atom is -0.299 e. The normalized spacial score (nSPS) is 13.8. The summed E-state index contributed by atoms with van der Waals surface area (Å²) in [7, 11) is 0. The van der Waals surface area contributed by atoms with Crippen LogP contribution < -0.4 is 4.90 Å². The number of nitrogens with zero attached hydrogens (tertiary/aromatic N) is 5. The highest BCUT2D eigenvalue weighted by molar-refractivity contribution is 7.16. The fourth-order valence-corrected chi connectivity index (χ4v) is 5.04. The van der Waals surface area contributed by atoms with Crippen molar-refractivity contribution in [1.29, 1.82) is 5.26 Å². The van der Waals surface area contributed by atoms with Crippen LogP contribution in [0.4, 0.5) is 15.3 Å². The van der Waals surface area contributed by atoms with Crippen molar-refractivity contribution in [2.45, 2.75) is 32.2 Å². The standard InChI is InChI=1S/C20H16FN5S2/c1-2-15-18(25-9-10-27-19(25)23-15)26(14-7-8-14)20-24-17(16(11-22)28-20)12-3-5-13(21)6-4-12/h3-6,9-10,14H,2,7-8H2,1H3. The Hall–Kier alpha value is -2.76. The number of anilines is 2. The second kappa shape index (κ2) is 6.69. The van der Waals surface area contributed by atoms with Crippen LogP contribution in [-0.4, -0.2) is 20.4 Å². The van der Waals surface area contributed by atoms with Gasteiger partial charge in [-0.2, -0.15) is 5.26 Å². The average molecular weight is 410 g/mol. The minimum absolute atomic E-state index is 0.302. The number of aromatic nitrogens is 3. The van der Waals surface area contributed by atoms with Crippen LogP contribution in [-0.2, 0) is 6.42 Å². The zero-order valence-corrected chi connectivity index (χ0v) is 16.7. The summed E-state index contributed by atoms with van der Waals surface area (Å²) in [5.41, 5.74) is 2.40. The molecule has 1 aromatic carbocycles. The summed E-state index contributed by atoms with van der Waals surface area (Å²) < 4.78 is 15.4. The molecule has 5 rings (SSSR count). The lowest BCUT2D eigenvalue weighted by Crippen LogP contribution is -2.22. The van der Waals surface area contributed by atoms with E-state index < -0.39 is 0 Å². The lowest BCUT2D eigenvalue weighted by atomic mass is 10.1. The molecule has 8 heteroatoms. The number of aryl methyl sites for hydroxylation is 1. The number of hydrogen-bond donors (Lipinski definition) is 0. The summed E-state index contributed by atoms with van der Waals surface area (Å²) in [5, 5.41) is 12.5. The molecule has 3 aromatic heterocycles. The molecule has 1 saturated carbocycles. The summed E-state index contributed by atoms with van der Waals surface area (Å²) in [5.74, 6) is 0.745. The lowest BCUT2D eigenvalue weighted by Gasteiger charge is -2.21.